The first-order valence-electron chi connectivity index (χ1n) is 6.52. The van der Waals surface area contributed by atoms with E-state index in [-0.39, 0.29) is 0 Å². The number of nitrogens with zero attached hydrogens (tertiary/aromatic N) is 2. The Bertz CT molecular complexity index is 686. The van der Waals surface area contributed by atoms with Crippen molar-refractivity contribution in [2.75, 3.05) is 0 Å². The molecule has 0 N–H and O–H groups in total. The van der Waals surface area contributed by atoms with Gasteiger partial charge in [0.25, 0.3) is 0 Å². The summed E-state index contributed by atoms with van der Waals surface area (Å²) in [5, 5.41) is 1.17. The van der Waals surface area contributed by atoms with E-state index in [4.69, 9.17) is 4.98 Å². The number of aromatic nitrogens is 2. The largest absolute Gasteiger partial charge is 0.240 e. The third kappa shape index (κ3) is 2.66. The normalized spacial score (nSPS) is 11.3. The van der Waals surface area contributed by atoms with Crippen LogP contribution in [0.3, 0.4) is 0 Å². The van der Waals surface area contributed by atoms with Crippen LogP contribution in [0.1, 0.15) is 36.0 Å². The Morgan fingerprint density at radius 2 is 1.79 bits per heavy atom. The first kappa shape index (κ1) is 12.3. The molecule has 0 aliphatic carbocycles. The summed E-state index contributed by atoms with van der Waals surface area (Å²) in [7, 11) is 0. The molecule has 96 valence electrons. The molecule has 2 heterocycles. The molecule has 2 nitrogen and oxygen atoms in total. The lowest BCUT2D eigenvalue weighted by Gasteiger charge is -2.00. The number of rotatable bonds is 3. The molecule has 3 rings (SSSR count). The van der Waals surface area contributed by atoms with Crippen LogP contribution in [0.2, 0.25) is 0 Å². The minimum absolute atomic E-state index is 0.469. The van der Waals surface area contributed by atoms with Gasteiger partial charge in [0.2, 0.25) is 0 Å². The van der Waals surface area contributed by atoms with Crippen molar-refractivity contribution in [2.24, 2.45) is 0 Å². The first-order chi connectivity index (χ1) is 9.22. The molecule has 3 heteroatoms. The molecular weight excluding hydrogens is 252 g/mol. The van der Waals surface area contributed by atoms with Crippen LogP contribution in [0.5, 0.6) is 0 Å². The van der Waals surface area contributed by atoms with Crippen LogP contribution < -0.4 is 0 Å². The smallest absolute Gasteiger partial charge is 0.143 e. The third-order valence-corrected chi connectivity index (χ3v) is 4.32. The minimum Gasteiger partial charge on any atom is -0.240 e. The SMILES string of the molecule is CC(C)c1nc2ccc(Cc3ccccc3)nc2s1. The van der Waals surface area contributed by atoms with Gasteiger partial charge in [-0.15, -0.1) is 0 Å². The van der Waals surface area contributed by atoms with E-state index in [2.05, 4.69) is 55.2 Å². The fourth-order valence-electron chi connectivity index (χ4n) is 2.02. The first-order valence-corrected chi connectivity index (χ1v) is 7.34. The molecule has 1 aromatic carbocycles. The number of thiazole rings is 1. The summed E-state index contributed by atoms with van der Waals surface area (Å²) in [5.41, 5.74) is 3.42. The molecule has 0 bridgehead atoms. The standard InChI is InChI=1S/C16H16N2S/c1-11(2)15-18-14-9-8-13(17-16(14)19-15)10-12-6-4-3-5-7-12/h3-9,11H,10H2,1-2H3. The summed E-state index contributed by atoms with van der Waals surface area (Å²) in [5.74, 6) is 0.469. The van der Waals surface area contributed by atoms with Crippen molar-refractivity contribution in [2.45, 2.75) is 26.2 Å². The second kappa shape index (κ2) is 5.10. The van der Waals surface area contributed by atoms with E-state index >= 15 is 0 Å². The van der Waals surface area contributed by atoms with Crippen LogP contribution in [0, 0.1) is 0 Å². The van der Waals surface area contributed by atoms with Gasteiger partial charge >= 0.3 is 0 Å². The molecule has 0 radical (unpaired) electrons. The highest BCUT2D eigenvalue weighted by atomic mass is 32.1. The van der Waals surface area contributed by atoms with Gasteiger partial charge in [-0.1, -0.05) is 55.5 Å². The minimum atomic E-state index is 0.469. The maximum atomic E-state index is 4.73. The third-order valence-electron chi connectivity index (χ3n) is 3.05. The summed E-state index contributed by atoms with van der Waals surface area (Å²) < 4.78 is 0. The zero-order valence-corrected chi connectivity index (χ0v) is 11.9. The molecule has 0 unspecified atom stereocenters. The lowest BCUT2D eigenvalue weighted by atomic mass is 10.1. The average Bonchev–Trinajstić information content (AvgIpc) is 2.83. The summed E-state index contributed by atoms with van der Waals surface area (Å²) in [6, 6.07) is 14.6. The summed E-state index contributed by atoms with van der Waals surface area (Å²) in [4.78, 5) is 10.4. The van der Waals surface area contributed by atoms with Crippen LogP contribution in [-0.4, -0.2) is 9.97 Å². The zero-order valence-electron chi connectivity index (χ0n) is 11.1. The van der Waals surface area contributed by atoms with Crippen molar-refractivity contribution in [3.63, 3.8) is 0 Å². The number of fused-ring (bicyclic) bond motifs is 1. The Morgan fingerprint density at radius 3 is 2.53 bits per heavy atom. The second-order valence-corrected chi connectivity index (χ2v) is 6.01. The molecule has 0 saturated heterocycles. The molecule has 0 spiro atoms. The quantitative estimate of drug-likeness (QED) is 0.703. The number of hydrogen-bond donors (Lipinski definition) is 0. The van der Waals surface area contributed by atoms with Crippen LogP contribution in [0.4, 0.5) is 0 Å². The monoisotopic (exact) mass is 268 g/mol. The van der Waals surface area contributed by atoms with Crippen LogP contribution in [-0.2, 0) is 6.42 Å². The highest BCUT2D eigenvalue weighted by Gasteiger charge is 2.09. The van der Waals surface area contributed by atoms with E-state index in [9.17, 15) is 0 Å². The Morgan fingerprint density at radius 1 is 1.00 bits per heavy atom. The molecule has 0 amide bonds. The highest BCUT2D eigenvalue weighted by Crippen LogP contribution is 2.26. The van der Waals surface area contributed by atoms with Gasteiger partial charge in [0.15, 0.2) is 0 Å². The van der Waals surface area contributed by atoms with Crippen molar-refractivity contribution >= 4 is 21.7 Å². The summed E-state index contributed by atoms with van der Waals surface area (Å²) in [6.45, 7) is 4.34. The number of benzene rings is 1. The molecule has 0 aliphatic rings. The Balaban J connectivity index is 1.93. The number of pyridine rings is 1. The van der Waals surface area contributed by atoms with Crippen LogP contribution in [0.15, 0.2) is 42.5 Å². The zero-order chi connectivity index (χ0) is 13.2. The molecule has 2 aromatic heterocycles. The van der Waals surface area contributed by atoms with Crippen molar-refractivity contribution in [1.82, 2.24) is 9.97 Å². The predicted molar refractivity (Wildman–Crippen MR) is 80.8 cm³/mol. The van der Waals surface area contributed by atoms with Gasteiger partial charge in [-0.25, -0.2) is 9.97 Å². The van der Waals surface area contributed by atoms with E-state index in [0.717, 1.165) is 22.5 Å². The highest BCUT2D eigenvalue weighted by molar-refractivity contribution is 7.18. The molecule has 0 saturated carbocycles. The van der Waals surface area contributed by atoms with E-state index in [1.54, 1.807) is 11.3 Å². The van der Waals surface area contributed by atoms with Crippen LogP contribution in [0.25, 0.3) is 10.3 Å². The van der Waals surface area contributed by atoms with Crippen molar-refractivity contribution in [1.29, 1.82) is 0 Å². The molecular formula is C16H16N2S. The van der Waals surface area contributed by atoms with Crippen LogP contribution >= 0.6 is 11.3 Å². The summed E-state index contributed by atoms with van der Waals surface area (Å²) >= 11 is 1.71. The molecule has 0 fully saturated rings. The summed E-state index contributed by atoms with van der Waals surface area (Å²) in [6.07, 6.45) is 0.881. The Hall–Kier alpha value is -1.74. The Labute approximate surface area is 117 Å². The lowest BCUT2D eigenvalue weighted by molar-refractivity contribution is 0.857. The molecule has 0 atom stereocenters. The maximum Gasteiger partial charge on any atom is 0.143 e. The molecule has 0 aliphatic heterocycles. The van der Waals surface area contributed by atoms with Crippen molar-refractivity contribution < 1.29 is 0 Å². The van der Waals surface area contributed by atoms with Gasteiger partial charge in [0, 0.05) is 18.0 Å². The molecule has 3 aromatic rings. The second-order valence-electron chi connectivity index (χ2n) is 5.00. The lowest BCUT2D eigenvalue weighted by Crippen LogP contribution is -1.91. The van der Waals surface area contributed by atoms with Gasteiger partial charge in [-0.05, 0) is 17.7 Å². The fourth-order valence-corrected chi connectivity index (χ4v) is 2.98. The van der Waals surface area contributed by atoms with Gasteiger partial charge in [-0.2, -0.15) is 0 Å². The average molecular weight is 268 g/mol. The van der Waals surface area contributed by atoms with Gasteiger partial charge in [0.05, 0.1) is 5.01 Å². The Kier molecular flexibility index (Phi) is 3.30. The fraction of sp³-hybridized carbons (Fsp3) is 0.250. The van der Waals surface area contributed by atoms with E-state index in [1.807, 2.05) is 6.07 Å². The van der Waals surface area contributed by atoms with Gasteiger partial charge in [0.1, 0.15) is 10.3 Å². The van der Waals surface area contributed by atoms with Gasteiger partial charge < -0.3 is 0 Å². The maximum absolute atomic E-state index is 4.73. The van der Waals surface area contributed by atoms with Gasteiger partial charge in [-0.3, -0.25) is 0 Å². The van der Waals surface area contributed by atoms with Crippen molar-refractivity contribution in [3.05, 3.63) is 58.7 Å². The van der Waals surface area contributed by atoms with E-state index < -0.39 is 0 Å². The number of hydrogen-bond acceptors (Lipinski definition) is 3. The van der Waals surface area contributed by atoms with Crippen molar-refractivity contribution in [3.8, 4) is 0 Å². The molecule has 19 heavy (non-hydrogen) atoms. The van der Waals surface area contributed by atoms with E-state index in [1.165, 1.54) is 10.6 Å². The van der Waals surface area contributed by atoms with E-state index in [0.29, 0.717) is 5.92 Å². The topological polar surface area (TPSA) is 25.8 Å². The predicted octanol–water partition coefficient (Wildman–Crippen LogP) is 4.41.